The van der Waals surface area contributed by atoms with Crippen LogP contribution in [0.3, 0.4) is 0 Å². The molecule has 1 aromatic heterocycles. The number of nitrogens with zero attached hydrogens (tertiary/aromatic N) is 2. The van der Waals surface area contributed by atoms with E-state index in [-0.39, 0.29) is 11.9 Å². The Balaban J connectivity index is 1.97. The van der Waals surface area contributed by atoms with Crippen LogP contribution < -0.4 is 11.1 Å². The van der Waals surface area contributed by atoms with Gasteiger partial charge in [-0.3, -0.25) is 0 Å². The fraction of sp³-hybridized carbons (Fsp3) is 0.636. The molecule has 3 N–H and O–H groups in total. The van der Waals surface area contributed by atoms with Crippen molar-refractivity contribution in [3.8, 4) is 0 Å². The summed E-state index contributed by atoms with van der Waals surface area (Å²) in [5.74, 6) is -0.281. The van der Waals surface area contributed by atoms with Gasteiger partial charge in [-0.25, -0.2) is 4.79 Å². The van der Waals surface area contributed by atoms with Crippen LogP contribution in [0.25, 0.3) is 0 Å². The molecule has 1 fully saturated rings. The number of hydrogen-bond acceptors (Lipinski definition) is 8. The summed E-state index contributed by atoms with van der Waals surface area (Å²) in [6.07, 6.45) is 0.0903. The van der Waals surface area contributed by atoms with Crippen molar-refractivity contribution in [1.29, 1.82) is 0 Å². The molecular formula is C11H18N4O3S. The van der Waals surface area contributed by atoms with Gasteiger partial charge < -0.3 is 25.4 Å². The lowest BCUT2D eigenvalue weighted by Crippen LogP contribution is -2.43. The van der Waals surface area contributed by atoms with Crippen molar-refractivity contribution in [3.05, 3.63) is 5.56 Å². The number of morpholine rings is 1. The summed E-state index contributed by atoms with van der Waals surface area (Å²) in [4.78, 5) is 13.8. The molecule has 7 nitrogen and oxygen atoms in total. The highest BCUT2D eigenvalue weighted by Gasteiger charge is 2.22. The first-order valence-electron chi connectivity index (χ1n) is 5.99. The number of ether oxygens (including phenoxy) is 2. The molecule has 1 aliphatic rings. The van der Waals surface area contributed by atoms with Crippen molar-refractivity contribution in [2.45, 2.75) is 6.10 Å². The van der Waals surface area contributed by atoms with Gasteiger partial charge in [-0.15, -0.1) is 0 Å². The Bertz CT molecular complexity index is 451. The lowest BCUT2D eigenvalue weighted by molar-refractivity contribution is -0.0117. The van der Waals surface area contributed by atoms with Crippen molar-refractivity contribution in [2.24, 2.45) is 0 Å². The Kier molecular flexibility index (Phi) is 4.56. The zero-order valence-corrected chi connectivity index (χ0v) is 11.8. The third-order valence-electron chi connectivity index (χ3n) is 2.94. The van der Waals surface area contributed by atoms with Crippen LogP contribution in [0.4, 0.5) is 10.8 Å². The highest BCUT2D eigenvalue weighted by molar-refractivity contribution is 7.11. The van der Waals surface area contributed by atoms with E-state index in [1.165, 1.54) is 7.11 Å². The average molecular weight is 286 g/mol. The molecule has 1 saturated heterocycles. The number of esters is 1. The number of aromatic nitrogens is 1. The Morgan fingerprint density at radius 2 is 2.53 bits per heavy atom. The zero-order chi connectivity index (χ0) is 13.8. The number of rotatable bonds is 4. The standard InChI is InChI=1S/C11H18N4O3S/c1-15-3-4-18-7(6-15)5-13-10-8(11(16)17-2)9(12)14-19-10/h7,13H,3-6H2,1-2H3,(H2,12,14). The highest BCUT2D eigenvalue weighted by atomic mass is 32.1. The van der Waals surface area contributed by atoms with Crippen molar-refractivity contribution in [1.82, 2.24) is 9.27 Å². The number of carbonyl (C=O) groups excluding carboxylic acids is 1. The molecule has 0 aliphatic carbocycles. The van der Waals surface area contributed by atoms with Crippen LogP contribution in [-0.4, -0.2) is 61.7 Å². The van der Waals surface area contributed by atoms with E-state index in [9.17, 15) is 4.79 Å². The van der Waals surface area contributed by atoms with E-state index in [0.29, 0.717) is 17.1 Å². The minimum Gasteiger partial charge on any atom is -0.465 e. The quantitative estimate of drug-likeness (QED) is 0.767. The van der Waals surface area contributed by atoms with E-state index < -0.39 is 5.97 Å². The molecule has 0 aromatic carbocycles. The molecule has 0 radical (unpaired) electrons. The summed E-state index contributed by atoms with van der Waals surface area (Å²) in [5.41, 5.74) is 5.97. The summed E-state index contributed by atoms with van der Waals surface area (Å²) in [6, 6.07) is 0. The second kappa shape index (κ2) is 6.18. The lowest BCUT2D eigenvalue weighted by atomic mass is 10.2. The smallest absolute Gasteiger partial charge is 0.344 e. The monoisotopic (exact) mass is 286 g/mol. The second-order valence-corrected chi connectivity index (χ2v) is 5.17. The molecule has 2 rings (SSSR count). The molecule has 1 aliphatic heterocycles. The number of nitrogen functional groups attached to an aromatic ring is 1. The van der Waals surface area contributed by atoms with Gasteiger partial charge in [0.2, 0.25) is 0 Å². The maximum Gasteiger partial charge on any atom is 0.344 e. The topological polar surface area (TPSA) is 89.7 Å². The summed E-state index contributed by atoms with van der Waals surface area (Å²) in [6.45, 7) is 3.12. The molecule has 1 atom stereocenters. The van der Waals surface area contributed by atoms with Crippen LogP contribution in [0.1, 0.15) is 10.4 Å². The number of nitrogens with one attached hydrogen (secondary N) is 1. The average Bonchev–Trinajstić information content (AvgIpc) is 2.77. The number of hydrogen-bond donors (Lipinski definition) is 2. The van der Waals surface area contributed by atoms with Crippen LogP contribution in [0, 0.1) is 0 Å². The first kappa shape index (κ1) is 14.0. The molecule has 0 amide bonds. The summed E-state index contributed by atoms with van der Waals surface area (Å²) in [5, 5.41) is 3.79. The minimum absolute atomic E-state index is 0.0903. The number of nitrogens with two attached hydrogens (primary N) is 1. The maximum atomic E-state index is 11.6. The Hall–Kier alpha value is -1.38. The SMILES string of the molecule is COC(=O)c1c(N)nsc1NCC1CN(C)CCO1. The fourth-order valence-corrected chi connectivity index (χ4v) is 2.63. The molecule has 0 spiro atoms. The molecule has 1 unspecified atom stereocenters. The van der Waals surface area contributed by atoms with E-state index in [1.807, 2.05) is 0 Å². The molecule has 2 heterocycles. The molecule has 8 heteroatoms. The number of anilines is 2. The van der Waals surface area contributed by atoms with Crippen LogP contribution in [0.2, 0.25) is 0 Å². The van der Waals surface area contributed by atoms with Gasteiger partial charge in [-0.1, -0.05) is 0 Å². The largest absolute Gasteiger partial charge is 0.465 e. The second-order valence-electron chi connectivity index (χ2n) is 4.40. The number of methoxy groups -OCH3 is 1. The first-order chi connectivity index (χ1) is 9.11. The van der Waals surface area contributed by atoms with E-state index in [0.717, 1.165) is 31.2 Å². The molecule has 1 aromatic rings. The summed E-state index contributed by atoms with van der Waals surface area (Å²) >= 11 is 1.15. The highest BCUT2D eigenvalue weighted by Crippen LogP contribution is 2.27. The van der Waals surface area contributed by atoms with Gasteiger partial charge in [0.05, 0.1) is 19.8 Å². The first-order valence-corrected chi connectivity index (χ1v) is 6.76. The molecule has 0 bridgehead atoms. The normalized spacial score (nSPS) is 20.2. The van der Waals surface area contributed by atoms with E-state index in [2.05, 4.69) is 21.6 Å². The Labute approximate surface area is 115 Å². The minimum atomic E-state index is -0.476. The van der Waals surface area contributed by atoms with Gasteiger partial charge in [0.15, 0.2) is 5.82 Å². The third-order valence-corrected chi connectivity index (χ3v) is 3.76. The molecule has 19 heavy (non-hydrogen) atoms. The molecule has 106 valence electrons. The fourth-order valence-electron chi connectivity index (χ4n) is 1.92. The van der Waals surface area contributed by atoms with Crippen molar-refractivity contribution < 1.29 is 14.3 Å². The van der Waals surface area contributed by atoms with Gasteiger partial charge in [0.25, 0.3) is 0 Å². The number of carbonyl (C=O) groups is 1. The van der Waals surface area contributed by atoms with E-state index >= 15 is 0 Å². The van der Waals surface area contributed by atoms with E-state index in [4.69, 9.17) is 15.2 Å². The Morgan fingerprint density at radius 3 is 3.21 bits per heavy atom. The predicted octanol–water partition coefficient (Wildman–Crippen LogP) is 0.254. The Morgan fingerprint density at radius 1 is 1.74 bits per heavy atom. The van der Waals surface area contributed by atoms with Crippen LogP contribution in [-0.2, 0) is 9.47 Å². The van der Waals surface area contributed by atoms with Crippen molar-refractivity contribution >= 4 is 28.3 Å². The third kappa shape index (κ3) is 3.34. The van der Waals surface area contributed by atoms with Crippen LogP contribution in [0.15, 0.2) is 0 Å². The number of likely N-dealkylation sites (N-methyl/N-ethyl adjacent to an activating group) is 1. The summed E-state index contributed by atoms with van der Waals surface area (Å²) < 4.78 is 14.3. The van der Waals surface area contributed by atoms with Crippen molar-refractivity contribution in [2.75, 3.05) is 51.4 Å². The van der Waals surface area contributed by atoms with Crippen molar-refractivity contribution in [3.63, 3.8) is 0 Å². The van der Waals surface area contributed by atoms with Crippen LogP contribution in [0.5, 0.6) is 0 Å². The van der Waals surface area contributed by atoms with Gasteiger partial charge in [-0.05, 0) is 18.6 Å². The van der Waals surface area contributed by atoms with Gasteiger partial charge >= 0.3 is 5.97 Å². The summed E-state index contributed by atoms with van der Waals surface area (Å²) in [7, 11) is 3.38. The van der Waals surface area contributed by atoms with Crippen LogP contribution >= 0.6 is 11.5 Å². The maximum absolute atomic E-state index is 11.6. The van der Waals surface area contributed by atoms with Gasteiger partial charge in [-0.2, -0.15) is 4.37 Å². The van der Waals surface area contributed by atoms with E-state index in [1.54, 1.807) is 0 Å². The molecular weight excluding hydrogens is 268 g/mol. The van der Waals surface area contributed by atoms with Gasteiger partial charge in [0, 0.05) is 19.6 Å². The zero-order valence-electron chi connectivity index (χ0n) is 11.0. The lowest BCUT2D eigenvalue weighted by Gasteiger charge is -2.30. The molecule has 0 saturated carbocycles. The van der Waals surface area contributed by atoms with Gasteiger partial charge in [0.1, 0.15) is 10.6 Å². The predicted molar refractivity (Wildman–Crippen MR) is 73.6 cm³/mol.